The SMILES string of the molecule is CCNCc1cc(Cl)cc(Cl)c1OC1CCCOC1. The van der Waals surface area contributed by atoms with Gasteiger partial charge in [-0.3, -0.25) is 0 Å². The van der Waals surface area contributed by atoms with E-state index in [9.17, 15) is 0 Å². The van der Waals surface area contributed by atoms with Gasteiger partial charge in [-0.15, -0.1) is 0 Å². The summed E-state index contributed by atoms with van der Waals surface area (Å²) in [5, 5.41) is 4.46. The van der Waals surface area contributed by atoms with Crippen molar-refractivity contribution >= 4 is 23.2 Å². The van der Waals surface area contributed by atoms with Crippen LogP contribution in [0.2, 0.25) is 10.0 Å². The fraction of sp³-hybridized carbons (Fsp3) is 0.571. The Morgan fingerprint density at radius 2 is 2.26 bits per heavy atom. The Bertz CT molecular complexity index is 420. The number of halogens is 2. The highest BCUT2D eigenvalue weighted by Gasteiger charge is 2.19. The zero-order valence-corrected chi connectivity index (χ0v) is 12.6. The number of benzene rings is 1. The van der Waals surface area contributed by atoms with Crippen LogP contribution in [0, 0.1) is 0 Å². The first-order chi connectivity index (χ1) is 9.20. The van der Waals surface area contributed by atoms with E-state index in [1.54, 1.807) is 6.07 Å². The molecule has 0 radical (unpaired) electrons. The molecular weight excluding hydrogens is 285 g/mol. The van der Waals surface area contributed by atoms with Crippen molar-refractivity contribution in [2.24, 2.45) is 0 Å². The first-order valence-corrected chi connectivity index (χ1v) is 7.39. The Labute approximate surface area is 124 Å². The summed E-state index contributed by atoms with van der Waals surface area (Å²) < 4.78 is 11.4. The van der Waals surface area contributed by atoms with E-state index in [1.807, 2.05) is 6.07 Å². The van der Waals surface area contributed by atoms with Gasteiger partial charge in [-0.25, -0.2) is 0 Å². The van der Waals surface area contributed by atoms with Gasteiger partial charge in [0.25, 0.3) is 0 Å². The van der Waals surface area contributed by atoms with Crippen LogP contribution in [0.1, 0.15) is 25.3 Å². The van der Waals surface area contributed by atoms with Crippen LogP contribution in [0.25, 0.3) is 0 Å². The van der Waals surface area contributed by atoms with E-state index in [1.165, 1.54) is 0 Å². The lowest BCUT2D eigenvalue weighted by Crippen LogP contribution is -2.28. The van der Waals surface area contributed by atoms with Gasteiger partial charge in [0.15, 0.2) is 0 Å². The zero-order chi connectivity index (χ0) is 13.7. The van der Waals surface area contributed by atoms with E-state index >= 15 is 0 Å². The Kier molecular flexibility index (Phi) is 5.76. The third kappa shape index (κ3) is 4.25. The summed E-state index contributed by atoms with van der Waals surface area (Å²) in [6, 6.07) is 3.62. The summed E-state index contributed by atoms with van der Waals surface area (Å²) in [5.74, 6) is 0.725. The topological polar surface area (TPSA) is 30.5 Å². The minimum absolute atomic E-state index is 0.0767. The van der Waals surface area contributed by atoms with E-state index in [0.717, 1.165) is 37.3 Å². The van der Waals surface area contributed by atoms with Gasteiger partial charge in [0.2, 0.25) is 0 Å². The lowest BCUT2D eigenvalue weighted by molar-refractivity contribution is 0.00705. The van der Waals surface area contributed by atoms with Gasteiger partial charge in [-0.1, -0.05) is 30.1 Å². The van der Waals surface area contributed by atoms with Crippen molar-refractivity contribution < 1.29 is 9.47 Å². The van der Waals surface area contributed by atoms with Gasteiger partial charge in [-0.2, -0.15) is 0 Å². The molecule has 1 fully saturated rings. The van der Waals surface area contributed by atoms with Crippen molar-refractivity contribution in [1.82, 2.24) is 5.32 Å². The average Bonchev–Trinajstić information content (AvgIpc) is 2.41. The van der Waals surface area contributed by atoms with E-state index < -0.39 is 0 Å². The molecule has 0 amide bonds. The average molecular weight is 304 g/mol. The minimum Gasteiger partial charge on any atom is -0.486 e. The molecule has 1 unspecified atom stereocenters. The van der Waals surface area contributed by atoms with Crippen LogP contribution in [-0.4, -0.2) is 25.9 Å². The van der Waals surface area contributed by atoms with Crippen LogP contribution in [0.5, 0.6) is 5.75 Å². The second-order valence-corrected chi connectivity index (χ2v) is 5.46. The maximum atomic E-state index is 6.25. The Morgan fingerprint density at radius 3 is 2.95 bits per heavy atom. The predicted molar refractivity (Wildman–Crippen MR) is 78.3 cm³/mol. The lowest BCUT2D eigenvalue weighted by Gasteiger charge is -2.25. The van der Waals surface area contributed by atoms with Gasteiger partial charge in [0, 0.05) is 23.7 Å². The largest absolute Gasteiger partial charge is 0.486 e. The molecule has 1 atom stereocenters. The van der Waals surface area contributed by atoms with Gasteiger partial charge >= 0.3 is 0 Å². The zero-order valence-electron chi connectivity index (χ0n) is 11.0. The number of rotatable bonds is 5. The summed E-state index contributed by atoms with van der Waals surface area (Å²) in [6.07, 6.45) is 2.10. The molecule has 2 rings (SSSR count). The van der Waals surface area contributed by atoms with Gasteiger partial charge in [-0.05, 0) is 31.5 Å². The molecule has 1 aromatic rings. The summed E-state index contributed by atoms with van der Waals surface area (Å²) in [4.78, 5) is 0. The molecule has 1 aromatic carbocycles. The lowest BCUT2D eigenvalue weighted by atomic mass is 10.1. The number of nitrogens with one attached hydrogen (secondary N) is 1. The number of hydrogen-bond acceptors (Lipinski definition) is 3. The molecule has 3 nitrogen and oxygen atoms in total. The quantitative estimate of drug-likeness (QED) is 0.900. The Balaban J connectivity index is 2.15. The van der Waals surface area contributed by atoms with E-state index in [-0.39, 0.29) is 6.10 Å². The second-order valence-electron chi connectivity index (χ2n) is 4.61. The normalized spacial score (nSPS) is 19.4. The fourth-order valence-corrected chi connectivity index (χ4v) is 2.69. The molecule has 0 spiro atoms. The smallest absolute Gasteiger partial charge is 0.143 e. The van der Waals surface area contributed by atoms with Crippen molar-refractivity contribution in [3.63, 3.8) is 0 Å². The van der Waals surface area contributed by atoms with Crippen molar-refractivity contribution in [1.29, 1.82) is 0 Å². The monoisotopic (exact) mass is 303 g/mol. The maximum absolute atomic E-state index is 6.25. The molecule has 0 saturated carbocycles. The summed E-state index contributed by atoms with van der Waals surface area (Å²) in [5.41, 5.74) is 0.991. The number of hydrogen-bond donors (Lipinski definition) is 1. The molecule has 106 valence electrons. The standard InChI is InChI=1S/C14H19Cl2NO2/c1-2-17-8-10-6-11(15)7-13(16)14(10)19-12-4-3-5-18-9-12/h6-7,12,17H,2-5,8-9H2,1H3. The van der Waals surface area contributed by atoms with Crippen LogP contribution in [-0.2, 0) is 11.3 Å². The first-order valence-electron chi connectivity index (χ1n) is 6.63. The molecule has 0 bridgehead atoms. The molecule has 5 heteroatoms. The summed E-state index contributed by atoms with van der Waals surface area (Å²) in [6.45, 7) is 5.08. The predicted octanol–water partition coefficient (Wildman–Crippen LogP) is 3.66. The third-order valence-electron chi connectivity index (χ3n) is 3.05. The molecular formula is C14H19Cl2NO2. The minimum atomic E-state index is 0.0767. The van der Waals surface area contributed by atoms with Crippen LogP contribution in [0.4, 0.5) is 0 Å². The second kappa shape index (κ2) is 7.34. The van der Waals surface area contributed by atoms with Crippen molar-refractivity contribution in [3.8, 4) is 5.75 Å². The van der Waals surface area contributed by atoms with Crippen LogP contribution < -0.4 is 10.1 Å². The first kappa shape index (κ1) is 14.9. The molecule has 19 heavy (non-hydrogen) atoms. The molecule has 1 aliphatic rings. The Hall–Kier alpha value is -0.480. The van der Waals surface area contributed by atoms with Crippen molar-refractivity contribution in [2.75, 3.05) is 19.8 Å². The molecule has 1 N–H and O–H groups in total. The Morgan fingerprint density at radius 1 is 1.42 bits per heavy atom. The molecule has 1 aliphatic heterocycles. The maximum Gasteiger partial charge on any atom is 0.143 e. The van der Waals surface area contributed by atoms with E-state index in [4.69, 9.17) is 32.7 Å². The highest BCUT2D eigenvalue weighted by atomic mass is 35.5. The van der Waals surface area contributed by atoms with E-state index in [0.29, 0.717) is 23.2 Å². The molecule has 0 aromatic heterocycles. The highest BCUT2D eigenvalue weighted by Crippen LogP contribution is 2.34. The van der Waals surface area contributed by atoms with Gasteiger partial charge < -0.3 is 14.8 Å². The third-order valence-corrected chi connectivity index (χ3v) is 3.55. The number of ether oxygens (including phenoxy) is 2. The van der Waals surface area contributed by atoms with E-state index in [2.05, 4.69) is 12.2 Å². The molecule has 1 saturated heterocycles. The summed E-state index contributed by atoms with van der Waals surface area (Å²) >= 11 is 12.3. The van der Waals surface area contributed by atoms with Crippen LogP contribution in [0.3, 0.4) is 0 Å². The summed E-state index contributed by atoms with van der Waals surface area (Å²) in [7, 11) is 0. The van der Waals surface area contributed by atoms with Gasteiger partial charge in [0.1, 0.15) is 11.9 Å². The van der Waals surface area contributed by atoms with Crippen LogP contribution in [0.15, 0.2) is 12.1 Å². The molecule has 1 heterocycles. The van der Waals surface area contributed by atoms with Crippen molar-refractivity contribution in [3.05, 3.63) is 27.7 Å². The highest BCUT2D eigenvalue weighted by molar-refractivity contribution is 6.35. The van der Waals surface area contributed by atoms with Crippen LogP contribution >= 0.6 is 23.2 Å². The van der Waals surface area contributed by atoms with Gasteiger partial charge in [0.05, 0.1) is 11.6 Å². The van der Waals surface area contributed by atoms with Crippen molar-refractivity contribution in [2.45, 2.75) is 32.4 Å². The molecule has 0 aliphatic carbocycles. The fourth-order valence-electron chi connectivity index (χ4n) is 2.11.